The van der Waals surface area contributed by atoms with E-state index in [-0.39, 0.29) is 11.6 Å². The van der Waals surface area contributed by atoms with Crippen molar-refractivity contribution in [3.05, 3.63) is 42.0 Å². The van der Waals surface area contributed by atoms with Crippen LogP contribution in [0, 0.1) is 5.92 Å². The van der Waals surface area contributed by atoms with E-state index in [9.17, 15) is 4.79 Å². The minimum atomic E-state index is -0.354. The fraction of sp³-hybridized carbons (Fsp3) is 0.526. The molecule has 1 aromatic rings. The smallest absolute Gasteiger partial charge is 0.331 e. The van der Waals surface area contributed by atoms with Crippen molar-refractivity contribution in [1.82, 2.24) is 0 Å². The van der Waals surface area contributed by atoms with Gasteiger partial charge in [0.15, 0.2) is 0 Å². The Bertz CT molecular complexity index is 448. The lowest BCUT2D eigenvalue weighted by Crippen LogP contribution is -2.30. The molecule has 0 amide bonds. The van der Waals surface area contributed by atoms with Crippen LogP contribution in [0.2, 0.25) is 0 Å². The van der Waals surface area contributed by atoms with Crippen LogP contribution in [0.15, 0.2) is 36.4 Å². The molecule has 116 valence electrons. The lowest BCUT2D eigenvalue weighted by molar-refractivity contribution is -0.152. The fourth-order valence-corrected chi connectivity index (χ4v) is 2.19. The maximum atomic E-state index is 12.0. The highest BCUT2D eigenvalue weighted by atomic mass is 16.6. The van der Waals surface area contributed by atoms with Crippen molar-refractivity contribution in [3.63, 3.8) is 0 Å². The van der Waals surface area contributed by atoms with Crippen molar-refractivity contribution in [2.45, 2.75) is 59.0 Å². The Kier molecular flexibility index (Phi) is 7.21. The molecular weight excluding hydrogens is 260 g/mol. The Morgan fingerprint density at radius 1 is 1.29 bits per heavy atom. The quantitative estimate of drug-likeness (QED) is 0.483. The van der Waals surface area contributed by atoms with E-state index in [1.54, 1.807) is 6.08 Å². The first-order chi connectivity index (χ1) is 9.95. The summed E-state index contributed by atoms with van der Waals surface area (Å²) in [7, 11) is 0. The molecule has 1 atom stereocenters. The van der Waals surface area contributed by atoms with E-state index in [4.69, 9.17) is 4.74 Å². The van der Waals surface area contributed by atoms with Gasteiger partial charge >= 0.3 is 5.97 Å². The summed E-state index contributed by atoms with van der Waals surface area (Å²) in [4.78, 5) is 12.0. The first kappa shape index (κ1) is 17.5. The average molecular weight is 288 g/mol. The number of benzene rings is 1. The Morgan fingerprint density at radius 3 is 2.52 bits per heavy atom. The molecular formula is C19H28O2. The van der Waals surface area contributed by atoms with Crippen molar-refractivity contribution in [2.24, 2.45) is 5.92 Å². The summed E-state index contributed by atoms with van der Waals surface area (Å²) in [6, 6.07) is 9.79. The number of esters is 1. The molecule has 0 aliphatic heterocycles. The second-order valence-electron chi connectivity index (χ2n) is 6.25. The van der Waals surface area contributed by atoms with Gasteiger partial charge in [-0.1, -0.05) is 57.5 Å². The van der Waals surface area contributed by atoms with Crippen LogP contribution in [0.1, 0.15) is 58.9 Å². The average Bonchev–Trinajstić information content (AvgIpc) is 2.46. The molecule has 0 radical (unpaired) electrons. The number of hydrogen-bond acceptors (Lipinski definition) is 2. The van der Waals surface area contributed by atoms with Crippen molar-refractivity contribution in [2.75, 3.05) is 0 Å². The predicted octanol–water partition coefficient (Wildman–Crippen LogP) is 5.24. The number of carbonyl (C=O) groups is 1. The van der Waals surface area contributed by atoms with Gasteiger partial charge in [-0.25, -0.2) is 4.79 Å². The molecule has 1 rings (SSSR count). The molecule has 21 heavy (non-hydrogen) atoms. The summed E-state index contributed by atoms with van der Waals surface area (Å²) in [5, 5.41) is 0. The number of hydrogen-bond donors (Lipinski definition) is 0. The minimum Gasteiger partial charge on any atom is -0.456 e. The van der Waals surface area contributed by atoms with Crippen LogP contribution in [0.3, 0.4) is 0 Å². The maximum absolute atomic E-state index is 12.0. The van der Waals surface area contributed by atoms with Crippen LogP contribution < -0.4 is 0 Å². The van der Waals surface area contributed by atoms with Gasteiger partial charge in [-0.15, -0.1) is 0 Å². The third-order valence-electron chi connectivity index (χ3n) is 3.79. The first-order valence-corrected chi connectivity index (χ1v) is 7.91. The van der Waals surface area contributed by atoms with Crippen LogP contribution in [0.4, 0.5) is 0 Å². The Labute approximate surface area is 129 Å². The summed E-state index contributed by atoms with van der Waals surface area (Å²) >= 11 is 0. The van der Waals surface area contributed by atoms with Gasteiger partial charge in [0.2, 0.25) is 0 Å². The third-order valence-corrected chi connectivity index (χ3v) is 3.79. The molecule has 0 fully saturated rings. The van der Waals surface area contributed by atoms with E-state index >= 15 is 0 Å². The first-order valence-electron chi connectivity index (χ1n) is 7.91. The van der Waals surface area contributed by atoms with E-state index in [1.807, 2.05) is 37.3 Å². The van der Waals surface area contributed by atoms with Gasteiger partial charge in [0.05, 0.1) is 0 Å². The van der Waals surface area contributed by atoms with E-state index in [0.717, 1.165) is 24.8 Å². The zero-order valence-corrected chi connectivity index (χ0v) is 13.8. The SMILES string of the molecule is CCC(C)(CCCC(C)C)OC(=O)C=Cc1ccccc1. The molecule has 0 aliphatic carbocycles. The summed E-state index contributed by atoms with van der Waals surface area (Å²) in [5.41, 5.74) is 0.653. The van der Waals surface area contributed by atoms with E-state index in [0.29, 0.717) is 5.92 Å². The maximum Gasteiger partial charge on any atom is 0.331 e. The molecule has 0 bridgehead atoms. The van der Waals surface area contributed by atoms with Crippen LogP contribution in [0.5, 0.6) is 0 Å². The third kappa shape index (κ3) is 7.12. The molecule has 0 aromatic heterocycles. The molecule has 2 nitrogen and oxygen atoms in total. The highest BCUT2D eigenvalue weighted by molar-refractivity contribution is 5.87. The van der Waals surface area contributed by atoms with Crippen LogP contribution in [-0.2, 0) is 9.53 Å². The van der Waals surface area contributed by atoms with Gasteiger partial charge < -0.3 is 4.74 Å². The highest BCUT2D eigenvalue weighted by Crippen LogP contribution is 2.24. The fourth-order valence-electron chi connectivity index (χ4n) is 2.19. The molecule has 0 N–H and O–H groups in total. The second-order valence-corrected chi connectivity index (χ2v) is 6.25. The largest absolute Gasteiger partial charge is 0.456 e. The van der Waals surface area contributed by atoms with Crippen molar-refractivity contribution in [1.29, 1.82) is 0 Å². The van der Waals surface area contributed by atoms with Crippen molar-refractivity contribution < 1.29 is 9.53 Å². The van der Waals surface area contributed by atoms with Gasteiger partial charge in [-0.05, 0) is 43.7 Å². The standard InChI is InChI=1S/C19H28O2/c1-5-19(4,15-9-10-16(2)3)21-18(20)14-13-17-11-7-6-8-12-17/h6-8,11-14,16H,5,9-10,15H2,1-4H3. The topological polar surface area (TPSA) is 26.3 Å². The van der Waals surface area contributed by atoms with Crippen molar-refractivity contribution >= 4 is 12.0 Å². The Balaban J connectivity index is 2.51. The number of rotatable bonds is 8. The van der Waals surface area contributed by atoms with E-state index in [1.165, 1.54) is 12.5 Å². The second kappa shape index (κ2) is 8.66. The molecule has 0 spiro atoms. The lowest BCUT2D eigenvalue weighted by Gasteiger charge is -2.28. The summed E-state index contributed by atoms with van der Waals surface area (Å²) < 4.78 is 5.66. The van der Waals surface area contributed by atoms with Gasteiger partial charge in [0, 0.05) is 6.08 Å². The molecule has 0 saturated heterocycles. The molecule has 0 saturated carbocycles. The molecule has 2 heteroatoms. The van der Waals surface area contributed by atoms with E-state index < -0.39 is 0 Å². The van der Waals surface area contributed by atoms with Gasteiger partial charge in [-0.2, -0.15) is 0 Å². The molecule has 0 heterocycles. The minimum absolute atomic E-state index is 0.257. The van der Waals surface area contributed by atoms with Crippen molar-refractivity contribution in [3.8, 4) is 0 Å². The predicted molar refractivity (Wildman–Crippen MR) is 89.0 cm³/mol. The normalized spacial score (nSPS) is 14.3. The highest BCUT2D eigenvalue weighted by Gasteiger charge is 2.25. The summed E-state index contributed by atoms with van der Waals surface area (Å²) in [5.74, 6) is 0.438. The van der Waals surface area contributed by atoms with Gasteiger partial charge in [-0.3, -0.25) is 0 Å². The molecule has 1 aromatic carbocycles. The van der Waals surface area contributed by atoms with Gasteiger partial charge in [0.25, 0.3) is 0 Å². The summed E-state index contributed by atoms with van der Waals surface area (Å²) in [6.07, 6.45) is 7.35. The molecule has 1 unspecified atom stereocenters. The number of carbonyl (C=O) groups excluding carboxylic acids is 1. The summed E-state index contributed by atoms with van der Waals surface area (Å²) in [6.45, 7) is 8.54. The monoisotopic (exact) mass is 288 g/mol. The van der Waals surface area contributed by atoms with E-state index in [2.05, 4.69) is 20.8 Å². The Hall–Kier alpha value is -1.57. The van der Waals surface area contributed by atoms with Gasteiger partial charge in [0.1, 0.15) is 5.60 Å². The zero-order chi connectivity index (χ0) is 15.7. The number of ether oxygens (including phenoxy) is 1. The Morgan fingerprint density at radius 2 is 1.95 bits per heavy atom. The van der Waals surface area contributed by atoms with Crippen LogP contribution in [-0.4, -0.2) is 11.6 Å². The van der Waals surface area contributed by atoms with Crippen LogP contribution >= 0.6 is 0 Å². The van der Waals surface area contributed by atoms with Crippen LogP contribution in [0.25, 0.3) is 6.08 Å². The lowest BCUT2D eigenvalue weighted by atomic mass is 9.93. The zero-order valence-electron chi connectivity index (χ0n) is 13.8. The molecule has 0 aliphatic rings.